The number of pyridine rings is 1. The van der Waals surface area contributed by atoms with Crippen molar-refractivity contribution in [3.05, 3.63) is 60.2 Å². The summed E-state index contributed by atoms with van der Waals surface area (Å²) in [6.45, 7) is 0.548. The molecule has 0 radical (unpaired) electrons. The number of benzene rings is 1. The number of anilines is 1. The molecular weight excluding hydrogens is 249 g/mol. The minimum absolute atomic E-state index is 0.241. The SMILES string of the molecule is Fc1ccc(CNC(=S)Nc2cccnc2)cc1. The normalized spacial score (nSPS) is 9.83. The lowest BCUT2D eigenvalue weighted by molar-refractivity contribution is 0.627. The fourth-order valence-corrected chi connectivity index (χ4v) is 1.59. The molecule has 0 bridgehead atoms. The van der Waals surface area contributed by atoms with Crippen LogP contribution in [0.3, 0.4) is 0 Å². The average Bonchev–Trinajstić information content (AvgIpc) is 2.39. The summed E-state index contributed by atoms with van der Waals surface area (Å²) in [6, 6.07) is 9.98. The summed E-state index contributed by atoms with van der Waals surface area (Å²) in [5.74, 6) is -0.241. The lowest BCUT2D eigenvalue weighted by Crippen LogP contribution is -2.27. The molecular formula is C13H12FN3S. The summed E-state index contributed by atoms with van der Waals surface area (Å²) < 4.78 is 12.7. The monoisotopic (exact) mass is 261 g/mol. The summed E-state index contributed by atoms with van der Waals surface area (Å²) in [5, 5.41) is 6.55. The number of halogens is 1. The van der Waals surface area contributed by atoms with E-state index in [0.717, 1.165) is 11.3 Å². The standard InChI is InChI=1S/C13H12FN3S/c14-11-5-3-10(4-6-11)8-16-13(18)17-12-2-1-7-15-9-12/h1-7,9H,8H2,(H2,16,17,18). The molecule has 1 aromatic heterocycles. The Labute approximate surface area is 110 Å². The molecule has 2 N–H and O–H groups in total. The minimum atomic E-state index is -0.241. The van der Waals surface area contributed by atoms with Gasteiger partial charge in [-0.3, -0.25) is 4.98 Å². The topological polar surface area (TPSA) is 37.0 Å². The zero-order valence-electron chi connectivity index (χ0n) is 9.56. The van der Waals surface area contributed by atoms with E-state index >= 15 is 0 Å². The van der Waals surface area contributed by atoms with Gasteiger partial charge in [0.2, 0.25) is 0 Å². The lowest BCUT2D eigenvalue weighted by atomic mass is 10.2. The number of rotatable bonds is 3. The van der Waals surface area contributed by atoms with E-state index in [1.54, 1.807) is 24.5 Å². The van der Waals surface area contributed by atoms with Crippen LogP contribution in [0.15, 0.2) is 48.8 Å². The van der Waals surface area contributed by atoms with Gasteiger partial charge in [0.25, 0.3) is 0 Å². The maximum absolute atomic E-state index is 12.7. The third kappa shape index (κ3) is 3.78. The zero-order chi connectivity index (χ0) is 12.8. The highest BCUT2D eigenvalue weighted by Crippen LogP contribution is 2.04. The predicted molar refractivity (Wildman–Crippen MR) is 73.7 cm³/mol. The molecule has 5 heteroatoms. The second-order valence-electron chi connectivity index (χ2n) is 3.68. The number of hydrogen-bond donors (Lipinski definition) is 2. The van der Waals surface area contributed by atoms with E-state index in [1.165, 1.54) is 12.1 Å². The smallest absolute Gasteiger partial charge is 0.171 e. The first-order valence-electron chi connectivity index (χ1n) is 5.43. The minimum Gasteiger partial charge on any atom is -0.358 e. The van der Waals surface area contributed by atoms with Crippen molar-refractivity contribution in [3.8, 4) is 0 Å². The molecule has 0 spiro atoms. The average molecular weight is 261 g/mol. The van der Waals surface area contributed by atoms with Crippen LogP contribution >= 0.6 is 12.2 Å². The van der Waals surface area contributed by atoms with Crippen LogP contribution < -0.4 is 10.6 Å². The van der Waals surface area contributed by atoms with E-state index in [-0.39, 0.29) is 5.82 Å². The molecule has 1 heterocycles. The molecule has 0 aliphatic carbocycles. The van der Waals surface area contributed by atoms with Gasteiger partial charge < -0.3 is 10.6 Å². The molecule has 0 saturated carbocycles. The van der Waals surface area contributed by atoms with E-state index in [0.29, 0.717) is 11.7 Å². The van der Waals surface area contributed by atoms with Crippen molar-refractivity contribution < 1.29 is 4.39 Å². The van der Waals surface area contributed by atoms with Gasteiger partial charge in [-0.25, -0.2) is 4.39 Å². The third-order valence-electron chi connectivity index (χ3n) is 2.29. The number of nitrogens with one attached hydrogen (secondary N) is 2. The van der Waals surface area contributed by atoms with Crippen LogP contribution in [0.1, 0.15) is 5.56 Å². The second kappa shape index (κ2) is 6.07. The Balaban J connectivity index is 1.83. The van der Waals surface area contributed by atoms with E-state index in [4.69, 9.17) is 12.2 Å². The van der Waals surface area contributed by atoms with Crippen molar-refractivity contribution in [1.82, 2.24) is 10.3 Å². The van der Waals surface area contributed by atoms with Gasteiger partial charge in [0, 0.05) is 12.7 Å². The van der Waals surface area contributed by atoms with Gasteiger partial charge in [-0.1, -0.05) is 12.1 Å². The van der Waals surface area contributed by atoms with Crippen molar-refractivity contribution in [2.75, 3.05) is 5.32 Å². The van der Waals surface area contributed by atoms with Crippen LogP contribution in [0, 0.1) is 5.82 Å². The molecule has 18 heavy (non-hydrogen) atoms. The van der Waals surface area contributed by atoms with Gasteiger partial charge in [0.05, 0.1) is 11.9 Å². The highest BCUT2D eigenvalue weighted by molar-refractivity contribution is 7.80. The highest BCUT2D eigenvalue weighted by atomic mass is 32.1. The Kier molecular flexibility index (Phi) is 4.20. The number of thiocarbonyl (C=S) groups is 1. The van der Waals surface area contributed by atoms with Gasteiger partial charge in [-0.15, -0.1) is 0 Å². The Hall–Kier alpha value is -2.01. The van der Waals surface area contributed by atoms with Gasteiger partial charge in [-0.05, 0) is 42.0 Å². The van der Waals surface area contributed by atoms with Crippen molar-refractivity contribution in [3.63, 3.8) is 0 Å². The van der Waals surface area contributed by atoms with Gasteiger partial charge >= 0.3 is 0 Å². The summed E-state index contributed by atoms with van der Waals surface area (Å²) in [5.41, 5.74) is 1.79. The fourth-order valence-electron chi connectivity index (χ4n) is 1.40. The molecule has 0 aliphatic heterocycles. The first-order chi connectivity index (χ1) is 8.74. The first-order valence-corrected chi connectivity index (χ1v) is 5.84. The predicted octanol–water partition coefficient (Wildman–Crippen LogP) is 2.71. The zero-order valence-corrected chi connectivity index (χ0v) is 10.4. The molecule has 92 valence electrons. The van der Waals surface area contributed by atoms with E-state index in [9.17, 15) is 4.39 Å². The molecule has 2 rings (SSSR count). The third-order valence-corrected chi connectivity index (χ3v) is 2.53. The highest BCUT2D eigenvalue weighted by Gasteiger charge is 1.98. The van der Waals surface area contributed by atoms with Gasteiger partial charge in [-0.2, -0.15) is 0 Å². The molecule has 0 saturated heterocycles. The van der Waals surface area contributed by atoms with Crippen LogP contribution in [-0.2, 0) is 6.54 Å². The van der Waals surface area contributed by atoms with E-state index < -0.39 is 0 Å². The van der Waals surface area contributed by atoms with Crippen LogP contribution in [0.4, 0.5) is 10.1 Å². The molecule has 0 amide bonds. The summed E-state index contributed by atoms with van der Waals surface area (Å²) in [7, 11) is 0. The molecule has 2 aromatic rings. The van der Waals surface area contributed by atoms with Gasteiger partial charge in [0.1, 0.15) is 5.82 Å². The van der Waals surface area contributed by atoms with Crippen molar-refractivity contribution in [2.45, 2.75) is 6.54 Å². The van der Waals surface area contributed by atoms with Crippen LogP contribution in [0.2, 0.25) is 0 Å². The number of aromatic nitrogens is 1. The molecule has 0 atom stereocenters. The number of nitrogens with zero attached hydrogens (tertiary/aromatic N) is 1. The van der Waals surface area contributed by atoms with Crippen molar-refractivity contribution in [1.29, 1.82) is 0 Å². The van der Waals surface area contributed by atoms with Gasteiger partial charge in [0.15, 0.2) is 5.11 Å². The van der Waals surface area contributed by atoms with Crippen LogP contribution in [0.5, 0.6) is 0 Å². The lowest BCUT2D eigenvalue weighted by Gasteiger charge is -2.10. The van der Waals surface area contributed by atoms with E-state index in [2.05, 4.69) is 15.6 Å². The number of hydrogen-bond acceptors (Lipinski definition) is 2. The largest absolute Gasteiger partial charge is 0.358 e. The quantitative estimate of drug-likeness (QED) is 0.833. The summed E-state index contributed by atoms with van der Waals surface area (Å²) >= 11 is 5.14. The molecule has 3 nitrogen and oxygen atoms in total. The molecule has 0 aliphatic rings. The molecule has 0 unspecified atom stereocenters. The second-order valence-corrected chi connectivity index (χ2v) is 4.08. The van der Waals surface area contributed by atoms with Crippen LogP contribution in [0.25, 0.3) is 0 Å². The Morgan fingerprint density at radius 2 is 2.00 bits per heavy atom. The van der Waals surface area contributed by atoms with Crippen LogP contribution in [-0.4, -0.2) is 10.1 Å². The van der Waals surface area contributed by atoms with E-state index in [1.807, 2.05) is 12.1 Å². The maximum atomic E-state index is 12.7. The van der Waals surface area contributed by atoms with Crippen molar-refractivity contribution in [2.24, 2.45) is 0 Å². The first kappa shape index (κ1) is 12.4. The molecule has 1 aromatic carbocycles. The summed E-state index contributed by atoms with van der Waals surface area (Å²) in [4.78, 5) is 3.97. The molecule has 0 fully saturated rings. The Morgan fingerprint density at radius 3 is 2.67 bits per heavy atom. The fraction of sp³-hybridized carbons (Fsp3) is 0.0769. The summed E-state index contributed by atoms with van der Waals surface area (Å²) in [6.07, 6.45) is 3.38. The van der Waals surface area contributed by atoms with Crippen molar-refractivity contribution >= 4 is 23.0 Å². The Bertz CT molecular complexity index is 514. The maximum Gasteiger partial charge on any atom is 0.171 e. The Morgan fingerprint density at radius 1 is 1.22 bits per heavy atom.